The monoisotopic (exact) mass is 235 g/mol. The number of hydrogen-bond donors (Lipinski definition) is 1. The third-order valence-electron chi connectivity index (χ3n) is 1.97. The van der Waals surface area contributed by atoms with Crippen LogP contribution in [0.5, 0.6) is 0 Å². The number of amides is 1. The lowest BCUT2D eigenvalue weighted by Gasteiger charge is -2.21. The largest absolute Gasteiger partial charge is 0.444 e. The van der Waals surface area contributed by atoms with E-state index in [-0.39, 0.29) is 0 Å². The topological polar surface area (TPSA) is 55.4 Å². The molecule has 0 saturated heterocycles. The van der Waals surface area contributed by atoms with Gasteiger partial charge in [-0.05, 0) is 26.3 Å². The van der Waals surface area contributed by atoms with Crippen LogP contribution >= 0.6 is 0 Å². The van der Waals surface area contributed by atoms with Crippen LogP contribution in [0.1, 0.15) is 32.4 Å². The standard InChI is InChI=1S/C13H17NO3/c1-13(2,3)17-12(16)14-11(9-15)10-7-5-4-6-8-10/h4-9,11H,1-3H3,(H,14,16)/t11-/m0/s1. The number of alkyl carbamates (subject to hydrolysis) is 1. The van der Waals surface area contributed by atoms with E-state index in [0.29, 0.717) is 6.29 Å². The second-order valence-corrected chi connectivity index (χ2v) is 4.67. The highest BCUT2D eigenvalue weighted by Gasteiger charge is 2.19. The highest BCUT2D eigenvalue weighted by molar-refractivity contribution is 5.74. The molecular formula is C13H17NO3. The number of ether oxygens (including phenoxy) is 1. The molecule has 0 unspecified atom stereocenters. The minimum Gasteiger partial charge on any atom is -0.444 e. The first-order chi connectivity index (χ1) is 7.92. The summed E-state index contributed by atoms with van der Waals surface area (Å²) in [6, 6.07) is 8.34. The summed E-state index contributed by atoms with van der Waals surface area (Å²) in [6.07, 6.45) is 0.0812. The highest BCUT2D eigenvalue weighted by atomic mass is 16.6. The smallest absolute Gasteiger partial charge is 0.408 e. The van der Waals surface area contributed by atoms with Gasteiger partial charge in [-0.2, -0.15) is 0 Å². The first kappa shape index (κ1) is 13.2. The van der Waals surface area contributed by atoms with E-state index in [4.69, 9.17) is 4.74 Å². The van der Waals surface area contributed by atoms with Gasteiger partial charge in [0, 0.05) is 0 Å². The van der Waals surface area contributed by atoms with Crippen molar-refractivity contribution in [2.75, 3.05) is 0 Å². The van der Waals surface area contributed by atoms with Crippen molar-refractivity contribution in [1.29, 1.82) is 0 Å². The SMILES string of the molecule is CC(C)(C)OC(=O)N[C@@H](C=O)c1ccccc1. The van der Waals surface area contributed by atoms with Gasteiger partial charge >= 0.3 is 6.09 Å². The van der Waals surface area contributed by atoms with E-state index >= 15 is 0 Å². The van der Waals surface area contributed by atoms with Gasteiger partial charge in [0.2, 0.25) is 0 Å². The van der Waals surface area contributed by atoms with Gasteiger partial charge < -0.3 is 14.8 Å². The van der Waals surface area contributed by atoms with Crippen LogP contribution in [0.25, 0.3) is 0 Å². The van der Waals surface area contributed by atoms with E-state index in [1.165, 1.54) is 0 Å². The molecule has 0 bridgehead atoms. The summed E-state index contributed by atoms with van der Waals surface area (Å²) in [6.45, 7) is 5.31. The van der Waals surface area contributed by atoms with Crippen molar-refractivity contribution >= 4 is 12.4 Å². The van der Waals surface area contributed by atoms with Crippen LogP contribution in [0.15, 0.2) is 30.3 Å². The van der Waals surface area contributed by atoms with Gasteiger partial charge in [-0.25, -0.2) is 4.79 Å². The Bertz CT molecular complexity index is 381. The molecule has 1 atom stereocenters. The number of hydrogen-bond acceptors (Lipinski definition) is 3. The molecule has 17 heavy (non-hydrogen) atoms. The zero-order chi connectivity index (χ0) is 12.9. The van der Waals surface area contributed by atoms with E-state index in [1.54, 1.807) is 32.9 Å². The molecule has 0 heterocycles. The Labute approximate surface area is 101 Å². The summed E-state index contributed by atoms with van der Waals surface area (Å²) in [7, 11) is 0. The quantitative estimate of drug-likeness (QED) is 0.819. The maximum Gasteiger partial charge on any atom is 0.408 e. The Morgan fingerprint density at radius 1 is 1.29 bits per heavy atom. The first-order valence-electron chi connectivity index (χ1n) is 5.42. The molecule has 1 aromatic carbocycles. The normalized spacial score (nSPS) is 12.6. The molecule has 0 radical (unpaired) electrons. The second-order valence-electron chi connectivity index (χ2n) is 4.67. The number of benzene rings is 1. The zero-order valence-electron chi connectivity index (χ0n) is 10.3. The van der Waals surface area contributed by atoms with E-state index in [0.717, 1.165) is 5.56 Å². The number of rotatable bonds is 3. The summed E-state index contributed by atoms with van der Waals surface area (Å²) >= 11 is 0. The summed E-state index contributed by atoms with van der Waals surface area (Å²) in [4.78, 5) is 22.4. The number of carbonyl (C=O) groups excluding carboxylic acids is 2. The van der Waals surface area contributed by atoms with Crippen LogP contribution in [0.4, 0.5) is 4.79 Å². The fourth-order valence-corrected chi connectivity index (χ4v) is 1.29. The van der Waals surface area contributed by atoms with Gasteiger partial charge in [-0.15, -0.1) is 0 Å². The van der Waals surface area contributed by atoms with Crippen LogP contribution in [0.3, 0.4) is 0 Å². The van der Waals surface area contributed by atoms with Gasteiger partial charge in [0.05, 0.1) is 0 Å². The van der Waals surface area contributed by atoms with Crippen molar-refractivity contribution < 1.29 is 14.3 Å². The van der Waals surface area contributed by atoms with Gasteiger partial charge in [0.1, 0.15) is 17.9 Å². The fraction of sp³-hybridized carbons (Fsp3) is 0.385. The maximum atomic E-state index is 11.5. The first-order valence-corrected chi connectivity index (χ1v) is 5.42. The van der Waals surface area contributed by atoms with Gasteiger partial charge in [-0.3, -0.25) is 0 Å². The summed E-state index contributed by atoms with van der Waals surface area (Å²) in [5.74, 6) is 0. The summed E-state index contributed by atoms with van der Waals surface area (Å²) in [5.41, 5.74) is 0.155. The lowest BCUT2D eigenvalue weighted by molar-refractivity contribution is -0.109. The fourth-order valence-electron chi connectivity index (χ4n) is 1.29. The molecular weight excluding hydrogens is 218 g/mol. The van der Waals surface area contributed by atoms with Crippen LogP contribution < -0.4 is 5.32 Å². The maximum absolute atomic E-state index is 11.5. The number of carbonyl (C=O) groups is 2. The summed E-state index contributed by atoms with van der Waals surface area (Å²) in [5, 5.41) is 2.51. The van der Waals surface area contributed by atoms with Crippen LogP contribution in [-0.2, 0) is 9.53 Å². The van der Waals surface area contributed by atoms with E-state index in [1.807, 2.05) is 18.2 Å². The van der Waals surface area contributed by atoms with Crippen LogP contribution in [0.2, 0.25) is 0 Å². The molecule has 0 spiro atoms. The predicted molar refractivity (Wildman–Crippen MR) is 64.6 cm³/mol. The highest BCUT2D eigenvalue weighted by Crippen LogP contribution is 2.12. The third kappa shape index (κ3) is 4.68. The van der Waals surface area contributed by atoms with E-state index in [2.05, 4.69) is 5.32 Å². The van der Waals surface area contributed by atoms with Crippen molar-refractivity contribution in [3.63, 3.8) is 0 Å². The van der Waals surface area contributed by atoms with Crippen molar-refractivity contribution in [3.05, 3.63) is 35.9 Å². The van der Waals surface area contributed by atoms with Crippen molar-refractivity contribution in [3.8, 4) is 0 Å². The Morgan fingerprint density at radius 2 is 1.88 bits per heavy atom. The van der Waals surface area contributed by atoms with Crippen LogP contribution in [-0.4, -0.2) is 18.0 Å². The molecule has 4 nitrogen and oxygen atoms in total. The van der Waals surface area contributed by atoms with E-state index in [9.17, 15) is 9.59 Å². The Hall–Kier alpha value is -1.84. The molecule has 1 rings (SSSR count). The molecule has 0 aliphatic heterocycles. The Balaban J connectivity index is 2.66. The van der Waals surface area contributed by atoms with E-state index < -0.39 is 17.7 Å². The molecule has 0 aliphatic rings. The molecule has 1 N–H and O–H groups in total. The molecule has 4 heteroatoms. The molecule has 1 aromatic rings. The molecule has 92 valence electrons. The average molecular weight is 235 g/mol. The van der Waals surface area contributed by atoms with Crippen molar-refractivity contribution in [1.82, 2.24) is 5.32 Å². The molecule has 0 aliphatic carbocycles. The minimum atomic E-state index is -0.675. The number of aldehydes is 1. The van der Waals surface area contributed by atoms with Crippen molar-refractivity contribution in [2.45, 2.75) is 32.4 Å². The lowest BCUT2D eigenvalue weighted by atomic mass is 10.1. The third-order valence-corrected chi connectivity index (χ3v) is 1.97. The van der Waals surface area contributed by atoms with Crippen LogP contribution in [0, 0.1) is 0 Å². The van der Waals surface area contributed by atoms with Crippen molar-refractivity contribution in [2.24, 2.45) is 0 Å². The average Bonchev–Trinajstić information content (AvgIpc) is 2.24. The number of nitrogens with one attached hydrogen (secondary N) is 1. The molecule has 0 aromatic heterocycles. The predicted octanol–water partition coefficient (Wildman–Crippen LogP) is 2.45. The molecule has 0 saturated carbocycles. The van der Waals surface area contributed by atoms with Gasteiger partial charge in [-0.1, -0.05) is 30.3 Å². The zero-order valence-corrected chi connectivity index (χ0v) is 10.3. The summed E-state index contributed by atoms with van der Waals surface area (Å²) < 4.78 is 5.08. The molecule has 1 amide bonds. The van der Waals surface area contributed by atoms with Gasteiger partial charge in [0.25, 0.3) is 0 Å². The lowest BCUT2D eigenvalue weighted by Crippen LogP contribution is -2.35. The van der Waals surface area contributed by atoms with Gasteiger partial charge in [0.15, 0.2) is 0 Å². The Morgan fingerprint density at radius 3 is 2.35 bits per heavy atom. The minimum absolute atomic E-state index is 0.575. The Kier molecular flexibility index (Phi) is 4.26. The second kappa shape index (κ2) is 5.48. The molecule has 0 fully saturated rings.